The Balaban J connectivity index is 0.00000168. The number of hydrogen-bond acceptors (Lipinski definition) is 3. The van der Waals surface area contributed by atoms with Gasteiger partial charge in [0.1, 0.15) is 0 Å². The van der Waals surface area contributed by atoms with E-state index in [1.807, 2.05) is 23.5 Å². The van der Waals surface area contributed by atoms with E-state index in [-0.39, 0.29) is 12.4 Å². The highest BCUT2D eigenvalue weighted by atomic mass is 35.5. The molecule has 0 saturated carbocycles. The number of hydrogen-bond donors (Lipinski definition) is 0. The van der Waals surface area contributed by atoms with Crippen LogP contribution in [-0.2, 0) is 0 Å². The number of aromatic nitrogens is 1. The summed E-state index contributed by atoms with van der Waals surface area (Å²) >= 11 is 8.01. The van der Waals surface area contributed by atoms with Crippen molar-refractivity contribution in [3.63, 3.8) is 0 Å². The predicted molar refractivity (Wildman–Crippen MR) is 113 cm³/mol. The fraction of sp³-hybridized carbons (Fsp3) is 0.381. The van der Waals surface area contributed by atoms with E-state index in [4.69, 9.17) is 16.6 Å². The van der Waals surface area contributed by atoms with Gasteiger partial charge in [0.2, 0.25) is 0 Å². The van der Waals surface area contributed by atoms with Crippen molar-refractivity contribution in [3.05, 3.63) is 64.1 Å². The second kappa shape index (κ2) is 7.12. The molecule has 2 saturated heterocycles. The molecule has 0 spiro atoms. The Bertz CT molecular complexity index is 875. The smallest absolute Gasteiger partial charge is 0.0991 e. The largest absolute Gasteiger partial charge is 0.300 e. The summed E-state index contributed by atoms with van der Waals surface area (Å²) in [6, 6.07) is 18.3. The van der Waals surface area contributed by atoms with Crippen molar-refractivity contribution in [3.8, 4) is 0 Å². The molecule has 4 atom stereocenters. The fourth-order valence-electron chi connectivity index (χ4n) is 4.89. The molecule has 2 aromatic carbocycles. The zero-order valence-electron chi connectivity index (χ0n) is 14.6. The second-order valence-electron chi connectivity index (χ2n) is 7.40. The average molecular weight is 405 g/mol. The highest BCUT2D eigenvalue weighted by molar-refractivity contribution is 7.18. The molecule has 5 rings (SSSR count). The number of fused-ring (bicyclic) bond motifs is 3. The van der Waals surface area contributed by atoms with E-state index in [1.54, 1.807) is 0 Å². The summed E-state index contributed by atoms with van der Waals surface area (Å²) < 4.78 is 1.30. The zero-order valence-corrected chi connectivity index (χ0v) is 17.0. The SMILES string of the molecule is CN1C2CC[C@@H]1C[C@H](c1ccc(Cl)cc1)C2c1nc2ccccc2s1.Cl. The molecule has 3 heterocycles. The number of nitrogens with zero attached hydrogens (tertiary/aromatic N) is 2. The molecule has 136 valence electrons. The normalized spacial score (nSPS) is 28.2. The topological polar surface area (TPSA) is 16.1 Å². The van der Waals surface area contributed by atoms with E-state index in [1.165, 1.54) is 34.5 Å². The second-order valence-corrected chi connectivity index (χ2v) is 8.90. The molecule has 0 radical (unpaired) electrons. The van der Waals surface area contributed by atoms with Crippen LogP contribution in [0.4, 0.5) is 0 Å². The fourth-order valence-corrected chi connectivity index (χ4v) is 6.21. The van der Waals surface area contributed by atoms with Crippen molar-refractivity contribution in [2.75, 3.05) is 7.05 Å². The lowest BCUT2D eigenvalue weighted by Gasteiger charge is -2.42. The van der Waals surface area contributed by atoms with E-state index >= 15 is 0 Å². The van der Waals surface area contributed by atoms with Gasteiger partial charge in [0.25, 0.3) is 0 Å². The molecule has 2 nitrogen and oxygen atoms in total. The van der Waals surface area contributed by atoms with Crippen molar-refractivity contribution in [1.29, 1.82) is 0 Å². The van der Waals surface area contributed by atoms with Crippen LogP contribution in [0.15, 0.2) is 48.5 Å². The molecule has 2 aliphatic rings. The number of likely N-dealkylation sites (N-methyl/N-ethyl adjacent to an activating group) is 1. The van der Waals surface area contributed by atoms with Gasteiger partial charge in [0.05, 0.1) is 15.2 Å². The Hall–Kier alpha value is -1.13. The molecule has 0 aliphatic carbocycles. The predicted octanol–water partition coefficient (Wildman–Crippen LogP) is 6.11. The third kappa shape index (κ3) is 2.95. The number of thiazole rings is 1. The standard InChI is InChI=1S/C21H21ClN2S.ClH/c1-24-15-10-11-18(24)20(16(12-15)13-6-8-14(22)9-7-13)21-23-17-4-2-3-5-19(17)25-21;/h2-9,15-16,18,20H,10-12H2,1H3;1H/t15-,16-,18?,20?;/m1./s1. The minimum absolute atomic E-state index is 0. The maximum absolute atomic E-state index is 6.13. The van der Waals surface area contributed by atoms with Gasteiger partial charge in [-0.25, -0.2) is 4.98 Å². The van der Waals surface area contributed by atoms with Crippen LogP contribution < -0.4 is 0 Å². The molecule has 2 unspecified atom stereocenters. The molecule has 0 amide bonds. The summed E-state index contributed by atoms with van der Waals surface area (Å²) in [5.74, 6) is 1.01. The molecule has 1 aromatic heterocycles. The molecule has 5 heteroatoms. The van der Waals surface area contributed by atoms with Gasteiger partial charge >= 0.3 is 0 Å². The monoisotopic (exact) mass is 404 g/mol. The minimum Gasteiger partial charge on any atom is -0.300 e. The maximum Gasteiger partial charge on any atom is 0.0991 e. The Labute approximate surface area is 169 Å². The first kappa shape index (κ1) is 18.2. The van der Waals surface area contributed by atoms with E-state index in [2.05, 4.69) is 48.3 Å². The zero-order chi connectivity index (χ0) is 17.0. The van der Waals surface area contributed by atoms with Gasteiger partial charge in [-0.1, -0.05) is 35.9 Å². The van der Waals surface area contributed by atoms with Crippen molar-refractivity contribution < 1.29 is 0 Å². The van der Waals surface area contributed by atoms with Crippen LogP contribution in [0.5, 0.6) is 0 Å². The lowest BCUT2D eigenvalue weighted by Crippen LogP contribution is -2.44. The van der Waals surface area contributed by atoms with E-state index < -0.39 is 0 Å². The Morgan fingerprint density at radius 2 is 1.85 bits per heavy atom. The van der Waals surface area contributed by atoms with Gasteiger partial charge in [0.15, 0.2) is 0 Å². The molecule has 0 N–H and O–H groups in total. The van der Waals surface area contributed by atoms with Crippen molar-refractivity contribution in [2.24, 2.45) is 0 Å². The van der Waals surface area contributed by atoms with Crippen LogP contribution in [-0.4, -0.2) is 29.0 Å². The van der Waals surface area contributed by atoms with Crippen LogP contribution in [0.3, 0.4) is 0 Å². The maximum atomic E-state index is 6.13. The Morgan fingerprint density at radius 3 is 2.62 bits per heavy atom. The van der Waals surface area contributed by atoms with Crippen molar-refractivity contribution in [2.45, 2.75) is 43.2 Å². The summed E-state index contributed by atoms with van der Waals surface area (Å²) in [5.41, 5.74) is 2.55. The summed E-state index contributed by atoms with van der Waals surface area (Å²) in [4.78, 5) is 7.66. The highest BCUT2D eigenvalue weighted by Crippen LogP contribution is 2.52. The molecule has 2 bridgehead atoms. The quantitative estimate of drug-likeness (QED) is 0.512. The number of halogens is 2. The van der Waals surface area contributed by atoms with Crippen LogP contribution in [0.2, 0.25) is 5.02 Å². The van der Waals surface area contributed by atoms with Crippen LogP contribution in [0.25, 0.3) is 10.2 Å². The molecule has 26 heavy (non-hydrogen) atoms. The number of rotatable bonds is 2. The number of para-hydroxylation sites is 1. The number of piperidine rings is 1. The molecular formula is C21H22Cl2N2S. The number of benzene rings is 2. The van der Waals surface area contributed by atoms with E-state index in [0.29, 0.717) is 23.9 Å². The third-order valence-electron chi connectivity index (χ3n) is 6.16. The average Bonchev–Trinajstić information content (AvgIpc) is 3.14. The molecular weight excluding hydrogens is 383 g/mol. The van der Waals surface area contributed by atoms with Crippen LogP contribution in [0.1, 0.15) is 41.7 Å². The van der Waals surface area contributed by atoms with Crippen molar-refractivity contribution in [1.82, 2.24) is 9.88 Å². The Kier molecular flexibility index (Phi) is 5.00. The summed E-state index contributed by atoms with van der Waals surface area (Å²) in [6.45, 7) is 0. The minimum atomic E-state index is 0. The van der Waals surface area contributed by atoms with Gasteiger partial charge in [0, 0.05) is 23.0 Å². The summed E-state index contributed by atoms with van der Waals surface area (Å²) in [7, 11) is 2.31. The van der Waals surface area contributed by atoms with Crippen LogP contribution in [0, 0.1) is 0 Å². The first-order chi connectivity index (χ1) is 12.2. The molecule has 3 aromatic rings. The van der Waals surface area contributed by atoms with Gasteiger partial charge in [-0.15, -0.1) is 23.7 Å². The van der Waals surface area contributed by atoms with Gasteiger partial charge in [-0.05, 0) is 62.1 Å². The highest BCUT2D eigenvalue weighted by Gasteiger charge is 2.47. The van der Waals surface area contributed by atoms with E-state index in [0.717, 1.165) is 10.5 Å². The van der Waals surface area contributed by atoms with Crippen molar-refractivity contribution >= 4 is 45.6 Å². The van der Waals surface area contributed by atoms with Gasteiger partial charge in [-0.3, -0.25) is 4.90 Å². The van der Waals surface area contributed by atoms with Crippen LogP contribution >= 0.6 is 35.3 Å². The summed E-state index contributed by atoms with van der Waals surface area (Å²) in [6.07, 6.45) is 3.81. The first-order valence-corrected chi connectivity index (χ1v) is 10.2. The summed E-state index contributed by atoms with van der Waals surface area (Å²) in [5, 5.41) is 2.12. The van der Waals surface area contributed by atoms with Gasteiger partial charge < -0.3 is 0 Å². The van der Waals surface area contributed by atoms with E-state index in [9.17, 15) is 0 Å². The van der Waals surface area contributed by atoms with Gasteiger partial charge in [-0.2, -0.15) is 0 Å². The molecule has 2 fully saturated rings. The third-order valence-corrected chi connectivity index (χ3v) is 7.55. The molecule has 2 aliphatic heterocycles. The Morgan fingerprint density at radius 1 is 1.08 bits per heavy atom. The first-order valence-electron chi connectivity index (χ1n) is 9.03. The lowest BCUT2D eigenvalue weighted by molar-refractivity contribution is 0.137. The lowest BCUT2D eigenvalue weighted by atomic mass is 9.76.